The van der Waals surface area contributed by atoms with Crippen LogP contribution in [0.3, 0.4) is 0 Å². The lowest BCUT2D eigenvalue weighted by Gasteiger charge is -2.00. The fourth-order valence-corrected chi connectivity index (χ4v) is 1.85. The Morgan fingerprint density at radius 1 is 1.15 bits per heavy atom. The molecule has 0 fully saturated rings. The van der Waals surface area contributed by atoms with Gasteiger partial charge < -0.3 is 0 Å². The van der Waals surface area contributed by atoms with Crippen molar-refractivity contribution in [2.24, 2.45) is 5.10 Å². The van der Waals surface area contributed by atoms with E-state index < -0.39 is 0 Å². The quantitative estimate of drug-likeness (QED) is 0.413. The van der Waals surface area contributed by atoms with Crippen LogP contribution >= 0.6 is 0 Å². The molecule has 0 aliphatic heterocycles. The molecule has 0 spiro atoms. The minimum atomic E-state index is -0.283. The highest BCUT2D eigenvalue weighted by molar-refractivity contribution is 5.82. The molecule has 0 saturated heterocycles. The summed E-state index contributed by atoms with van der Waals surface area (Å²) < 4.78 is 12.7. The monoisotopic (exact) mass is 278 g/mol. The van der Waals surface area contributed by atoms with Crippen LogP contribution in [0.25, 0.3) is 0 Å². The second-order valence-electron chi connectivity index (χ2n) is 4.86. The van der Waals surface area contributed by atoms with Crippen LogP contribution < -0.4 is 5.43 Å². The third-order valence-electron chi connectivity index (χ3n) is 3.03. The number of hydrazone groups is 1. The maximum atomic E-state index is 12.7. The van der Waals surface area contributed by atoms with Crippen molar-refractivity contribution in [3.8, 4) is 0 Å². The van der Waals surface area contributed by atoms with Crippen LogP contribution in [0.4, 0.5) is 4.39 Å². The number of carbonyl (C=O) groups excluding carboxylic acids is 1. The highest BCUT2D eigenvalue weighted by Gasteiger charge is 1.99. The predicted molar refractivity (Wildman–Crippen MR) is 80.1 cm³/mol. The van der Waals surface area contributed by atoms with E-state index in [0.717, 1.165) is 18.4 Å². The second-order valence-corrected chi connectivity index (χ2v) is 4.86. The van der Waals surface area contributed by atoms with Gasteiger partial charge >= 0.3 is 0 Å². The van der Waals surface area contributed by atoms with Gasteiger partial charge in [0.05, 0.1) is 6.21 Å². The minimum absolute atomic E-state index is 0.0705. The molecule has 0 radical (unpaired) electrons. The average Bonchev–Trinajstić information content (AvgIpc) is 2.45. The Balaban J connectivity index is 2.12. The van der Waals surface area contributed by atoms with Crippen LogP contribution in [0, 0.1) is 5.82 Å². The van der Waals surface area contributed by atoms with Crippen LogP contribution in [0.15, 0.2) is 29.4 Å². The van der Waals surface area contributed by atoms with Crippen LogP contribution in [0.1, 0.15) is 57.4 Å². The molecule has 0 atom stereocenters. The Bertz CT molecular complexity index is 415. The van der Waals surface area contributed by atoms with Gasteiger partial charge in [0.15, 0.2) is 0 Å². The molecule has 0 heterocycles. The number of carbonyl (C=O) groups is 1. The van der Waals surface area contributed by atoms with Crippen molar-refractivity contribution in [3.05, 3.63) is 35.6 Å². The number of benzene rings is 1. The Labute approximate surface area is 120 Å². The van der Waals surface area contributed by atoms with E-state index in [-0.39, 0.29) is 11.7 Å². The van der Waals surface area contributed by atoms with Crippen molar-refractivity contribution in [3.63, 3.8) is 0 Å². The number of rotatable bonds is 9. The third kappa shape index (κ3) is 7.67. The lowest BCUT2D eigenvalue weighted by atomic mass is 10.1. The van der Waals surface area contributed by atoms with E-state index in [9.17, 15) is 9.18 Å². The molecule has 0 aliphatic rings. The van der Waals surface area contributed by atoms with E-state index >= 15 is 0 Å². The van der Waals surface area contributed by atoms with Gasteiger partial charge in [-0.15, -0.1) is 0 Å². The maximum Gasteiger partial charge on any atom is 0.240 e. The molecule has 1 N–H and O–H groups in total. The lowest BCUT2D eigenvalue weighted by Crippen LogP contribution is -2.16. The molecule has 110 valence electrons. The molecule has 0 saturated carbocycles. The van der Waals surface area contributed by atoms with Crippen molar-refractivity contribution in [1.29, 1.82) is 0 Å². The molecule has 1 aromatic rings. The zero-order chi connectivity index (χ0) is 14.6. The van der Waals surface area contributed by atoms with E-state index in [1.807, 2.05) is 0 Å². The molecule has 3 nitrogen and oxygen atoms in total. The summed E-state index contributed by atoms with van der Waals surface area (Å²) in [7, 11) is 0. The number of halogens is 1. The van der Waals surface area contributed by atoms with Gasteiger partial charge in [0, 0.05) is 6.42 Å². The molecule has 0 aromatic heterocycles. The van der Waals surface area contributed by atoms with Crippen molar-refractivity contribution >= 4 is 12.1 Å². The number of nitrogens with zero attached hydrogens (tertiary/aromatic N) is 1. The van der Waals surface area contributed by atoms with Crippen molar-refractivity contribution < 1.29 is 9.18 Å². The SMILES string of the molecule is CCCCCCCCC(=O)N/N=C/c1ccc(F)cc1. The Morgan fingerprint density at radius 3 is 2.50 bits per heavy atom. The molecular weight excluding hydrogens is 255 g/mol. The highest BCUT2D eigenvalue weighted by atomic mass is 19.1. The van der Waals surface area contributed by atoms with Gasteiger partial charge in [0.2, 0.25) is 5.91 Å². The molecule has 20 heavy (non-hydrogen) atoms. The highest BCUT2D eigenvalue weighted by Crippen LogP contribution is 2.06. The Kier molecular flexibility index (Phi) is 8.27. The number of amides is 1. The van der Waals surface area contributed by atoms with E-state index in [1.54, 1.807) is 12.1 Å². The van der Waals surface area contributed by atoms with Crippen molar-refractivity contribution in [1.82, 2.24) is 5.43 Å². The summed E-state index contributed by atoms with van der Waals surface area (Å²) >= 11 is 0. The molecule has 0 unspecified atom stereocenters. The summed E-state index contributed by atoms with van der Waals surface area (Å²) in [6.07, 6.45) is 8.97. The van der Waals surface area contributed by atoms with Crippen LogP contribution in [0.2, 0.25) is 0 Å². The van der Waals surface area contributed by atoms with E-state index in [0.29, 0.717) is 6.42 Å². The smallest absolute Gasteiger partial charge is 0.240 e. The second kappa shape index (κ2) is 10.1. The van der Waals surface area contributed by atoms with Gasteiger partial charge in [0.1, 0.15) is 5.82 Å². The van der Waals surface area contributed by atoms with Gasteiger partial charge in [-0.05, 0) is 24.1 Å². The number of unbranched alkanes of at least 4 members (excludes halogenated alkanes) is 5. The summed E-state index contributed by atoms with van der Waals surface area (Å²) in [5, 5.41) is 3.85. The fraction of sp³-hybridized carbons (Fsp3) is 0.500. The third-order valence-corrected chi connectivity index (χ3v) is 3.03. The molecule has 0 aliphatic carbocycles. The first kappa shape index (κ1) is 16.3. The zero-order valence-electron chi connectivity index (χ0n) is 12.1. The summed E-state index contributed by atoms with van der Waals surface area (Å²) in [6, 6.07) is 5.94. The first-order chi connectivity index (χ1) is 9.72. The van der Waals surface area contributed by atoms with Crippen LogP contribution in [-0.4, -0.2) is 12.1 Å². The van der Waals surface area contributed by atoms with Gasteiger partial charge in [-0.25, -0.2) is 9.82 Å². The van der Waals surface area contributed by atoms with Gasteiger partial charge in [-0.3, -0.25) is 4.79 Å². The topological polar surface area (TPSA) is 41.5 Å². The summed E-state index contributed by atoms with van der Waals surface area (Å²) in [6.45, 7) is 2.19. The number of hydrogen-bond acceptors (Lipinski definition) is 2. The molecule has 1 rings (SSSR count). The average molecular weight is 278 g/mol. The number of hydrogen-bond donors (Lipinski definition) is 1. The lowest BCUT2D eigenvalue weighted by molar-refractivity contribution is -0.121. The Hall–Kier alpha value is -1.71. The summed E-state index contributed by atoms with van der Waals surface area (Å²) in [5.74, 6) is -0.354. The van der Waals surface area contributed by atoms with Crippen LogP contribution in [0.5, 0.6) is 0 Å². The minimum Gasteiger partial charge on any atom is -0.273 e. The van der Waals surface area contributed by atoms with Gasteiger partial charge in [0.25, 0.3) is 0 Å². The molecule has 1 amide bonds. The molecule has 1 aromatic carbocycles. The van der Waals surface area contributed by atoms with E-state index in [2.05, 4.69) is 17.5 Å². The molecule has 4 heteroatoms. The predicted octanol–water partition coefficient (Wildman–Crippen LogP) is 4.03. The first-order valence-electron chi connectivity index (χ1n) is 7.30. The molecule has 0 bridgehead atoms. The summed E-state index contributed by atoms with van der Waals surface area (Å²) in [4.78, 5) is 11.5. The summed E-state index contributed by atoms with van der Waals surface area (Å²) in [5.41, 5.74) is 3.24. The van der Waals surface area contributed by atoms with Crippen molar-refractivity contribution in [2.45, 2.75) is 51.9 Å². The maximum absolute atomic E-state index is 12.7. The van der Waals surface area contributed by atoms with Crippen LogP contribution in [-0.2, 0) is 4.79 Å². The first-order valence-corrected chi connectivity index (χ1v) is 7.30. The largest absolute Gasteiger partial charge is 0.273 e. The van der Waals surface area contributed by atoms with E-state index in [1.165, 1.54) is 44.0 Å². The Morgan fingerprint density at radius 2 is 1.80 bits per heavy atom. The van der Waals surface area contributed by atoms with Crippen molar-refractivity contribution in [2.75, 3.05) is 0 Å². The van der Waals surface area contributed by atoms with E-state index in [4.69, 9.17) is 0 Å². The number of nitrogens with one attached hydrogen (secondary N) is 1. The zero-order valence-corrected chi connectivity index (χ0v) is 12.1. The molecular formula is C16H23FN2O. The van der Waals surface area contributed by atoms with Gasteiger partial charge in [-0.1, -0.05) is 51.2 Å². The van der Waals surface area contributed by atoms with Gasteiger partial charge in [-0.2, -0.15) is 5.10 Å². The standard InChI is InChI=1S/C16H23FN2O/c1-2-3-4-5-6-7-8-16(20)19-18-13-14-9-11-15(17)12-10-14/h9-13H,2-8H2,1H3,(H,19,20)/b18-13+. The normalized spacial score (nSPS) is 10.9. The fourth-order valence-electron chi connectivity index (χ4n) is 1.85.